The number of nitrogens with zero attached hydrogens (tertiary/aromatic N) is 1. The molecule has 0 spiro atoms. The molecule has 1 aliphatic rings. The van der Waals surface area contributed by atoms with Crippen LogP contribution in [0.3, 0.4) is 0 Å². The fraction of sp³-hybridized carbons (Fsp3) is 0.538. The first kappa shape index (κ1) is 14.3. The molecule has 0 amide bonds. The van der Waals surface area contributed by atoms with E-state index < -0.39 is 10.0 Å². The zero-order valence-corrected chi connectivity index (χ0v) is 12.3. The third-order valence-electron chi connectivity index (χ3n) is 3.46. The van der Waals surface area contributed by atoms with Gasteiger partial charge in [-0.3, -0.25) is 0 Å². The predicted octanol–water partition coefficient (Wildman–Crippen LogP) is -0.929. The van der Waals surface area contributed by atoms with Crippen LogP contribution in [0.25, 0.3) is 0 Å². The van der Waals surface area contributed by atoms with Crippen molar-refractivity contribution in [2.45, 2.75) is 6.54 Å². The van der Waals surface area contributed by atoms with Gasteiger partial charge in [-0.15, -0.1) is 0 Å². The molecule has 0 atom stereocenters. The third-order valence-corrected chi connectivity index (χ3v) is 4.13. The van der Waals surface area contributed by atoms with Crippen molar-refractivity contribution >= 4 is 15.7 Å². The summed E-state index contributed by atoms with van der Waals surface area (Å²) in [7, 11) is -0.903. The minimum atomic E-state index is -3.12. The molecular formula is C13H22N3O2S+. The lowest BCUT2D eigenvalue weighted by molar-refractivity contribution is -0.880. The lowest BCUT2D eigenvalue weighted by Crippen LogP contribution is -3.12. The van der Waals surface area contributed by atoms with Crippen LogP contribution in [0.15, 0.2) is 24.3 Å². The fourth-order valence-corrected chi connectivity index (χ4v) is 2.61. The quantitative estimate of drug-likeness (QED) is 0.751. The zero-order valence-electron chi connectivity index (χ0n) is 11.5. The topological polar surface area (TPSA) is 53.9 Å². The molecule has 1 saturated heterocycles. The van der Waals surface area contributed by atoms with Crippen molar-refractivity contribution in [2.75, 3.05) is 44.4 Å². The Morgan fingerprint density at radius 1 is 1.21 bits per heavy atom. The predicted molar refractivity (Wildman–Crippen MR) is 77.0 cm³/mol. The lowest BCUT2D eigenvalue weighted by atomic mass is 10.2. The summed E-state index contributed by atoms with van der Waals surface area (Å²) >= 11 is 0. The second kappa shape index (κ2) is 5.90. The molecule has 2 N–H and O–H groups in total. The Labute approximate surface area is 115 Å². The molecule has 0 aliphatic carbocycles. The highest BCUT2D eigenvalue weighted by Crippen LogP contribution is 2.15. The van der Waals surface area contributed by atoms with Gasteiger partial charge in [0.15, 0.2) is 0 Å². The summed E-state index contributed by atoms with van der Waals surface area (Å²) < 4.78 is 24.6. The molecule has 0 saturated carbocycles. The van der Waals surface area contributed by atoms with Gasteiger partial charge in [0.05, 0.1) is 39.5 Å². The number of piperazine rings is 1. The number of nitrogens with one attached hydrogen (secondary N) is 2. The summed E-state index contributed by atoms with van der Waals surface area (Å²) in [5, 5.41) is 0. The fourth-order valence-electron chi connectivity index (χ4n) is 2.19. The van der Waals surface area contributed by atoms with Gasteiger partial charge in [0.1, 0.15) is 0 Å². The van der Waals surface area contributed by atoms with E-state index >= 15 is 0 Å². The van der Waals surface area contributed by atoms with Crippen LogP contribution >= 0.6 is 0 Å². The molecule has 19 heavy (non-hydrogen) atoms. The molecule has 1 aromatic rings. The molecule has 5 nitrogen and oxygen atoms in total. The lowest BCUT2D eigenvalue weighted by Gasteiger charge is -2.31. The van der Waals surface area contributed by atoms with E-state index in [0.29, 0.717) is 6.54 Å². The Balaban J connectivity index is 1.94. The monoisotopic (exact) mass is 284 g/mol. The van der Waals surface area contributed by atoms with Gasteiger partial charge in [-0.2, -0.15) is 0 Å². The normalized spacial score (nSPS) is 17.7. The Hall–Kier alpha value is -1.11. The van der Waals surface area contributed by atoms with Crippen LogP contribution in [-0.2, 0) is 16.6 Å². The first-order chi connectivity index (χ1) is 8.94. The van der Waals surface area contributed by atoms with Crippen molar-refractivity contribution < 1.29 is 13.3 Å². The zero-order chi connectivity index (χ0) is 13.9. The van der Waals surface area contributed by atoms with Crippen LogP contribution in [0, 0.1) is 0 Å². The maximum absolute atomic E-state index is 11.0. The first-order valence-corrected chi connectivity index (χ1v) is 8.43. The molecule has 1 heterocycles. The van der Waals surface area contributed by atoms with Crippen molar-refractivity contribution in [2.24, 2.45) is 0 Å². The standard InChI is InChI=1S/C13H21N3O2S/c1-15-7-9-16(10-8-15)13-5-3-12(4-6-13)11-14-19(2,17)18/h3-6,14H,7-11H2,1-2H3/p+1. The molecule has 1 fully saturated rings. The summed E-state index contributed by atoms with van der Waals surface area (Å²) in [5.74, 6) is 0. The summed E-state index contributed by atoms with van der Waals surface area (Å²) in [6, 6.07) is 8.11. The van der Waals surface area contributed by atoms with E-state index in [1.54, 1.807) is 4.90 Å². The van der Waals surface area contributed by atoms with E-state index in [1.165, 1.54) is 11.9 Å². The van der Waals surface area contributed by atoms with E-state index in [-0.39, 0.29) is 0 Å². The number of sulfonamides is 1. The second-order valence-corrected chi connectivity index (χ2v) is 7.04. The molecule has 1 aromatic carbocycles. The largest absolute Gasteiger partial charge is 0.360 e. The van der Waals surface area contributed by atoms with E-state index in [1.807, 2.05) is 12.1 Å². The van der Waals surface area contributed by atoms with Crippen LogP contribution in [0.4, 0.5) is 5.69 Å². The van der Waals surface area contributed by atoms with Crippen molar-refractivity contribution in [3.63, 3.8) is 0 Å². The van der Waals surface area contributed by atoms with E-state index in [9.17, 15) is 8.42 Å². The molecule has 6 heteroatoms. The summed E-state index contributed by atoms with van der Waals surface area (Å²) in [6.07, 6.45) is 1.17. The van der Waals surface area contributed by atoms with Crippen LogP contribution in [0.5, 0.6) is 0 Å². The van der Waals surface area contributed by atoms with Gasteiger partial charge in [0.2, 0.25) is 10.0 Å². The maximum atomic E-state index is 11.0. The van der Waals surface area contributed by atoms with Gasteiger partial charge in [-0.05, 0) is 17.7 Å². The van der Waals surface area contributed by atoms with Crippen LogP contribution in [-0.4, -0.2) is 47.9 Å². The van der Waals surface area contributed by atoms with E-state index in [2.05, 4.69) is 28.8 Å². The summed E-state index contributed by atoms with van der Waals surface area (Å²) in [6.45, 7) is 4.83. The Bertz CT molecular complexity index is 505. The number of benzene rings is 1. The third kappa shape index (κ3) is 4.49. The Kier molecular flexibility index (Phi) is 4.44. The molecule has 1 aliphatic heterocycles. The van der Waals surface area contributed by atoms with Gasteiger partial charge in [-0.1, -0.05) is 12.1 Å². The van der Waals surface area contributed by atoms with Crippen molar-refractivity contribution in [3.8, 4) is 0 Å². The van der Waals surface area contributed by atoms with Crippen LogP contribution in [0.1, 0.15) is 5.56 Å². The molecular weight excluding hydrogens is 262 g/mol. The first-order valence-electron chi connectivity index (χ1n) is 6.54. The smallest absolute Gasteiger partial charge is 0.209 e. The van der Waals surface area contributed by atoms with E-state index in [0.717, 1.165) is 31.7 Å². The highest BCUT2D eigenvalue weighted by molar-refractivity contribution is 7.88. The van der Waals surface area contributed by atoms with Crippen molar-refractivity contribution in [1.29, 1.82) is 0 Å². The Morgan fingerprint density at radius 3 is 2.32 bits per heavy atom. The maximum Gasteiger partial charge on any atom is 0.209 e. The average molecular weight is 284 g/mol. The number of rotatable bonds is 4. The molecule has 0 radical (unpaired) electrons. The highest BCUT2D eigenvalue weighted by atomic mass is 32.2. The minimum absolute atomic E-state index is 0.353. The number of anilines is 1. The summed E-state index contributed by atoms with van der Waals surface area (Å²) in [4.78, 5) is 3.95. The number of hydrogen-bond acceptors (Lipinski definition) is 3. The van der Waals surface area contributed by atoms with Gasteiger partial charge in [-0.25, -0.2) is 13.1 Å². The van der Waals surface area contributed by atoms with Crippen molar-refractivity contribution in [3.05, 3.63) is 29.8 Å². The number of quaternary nitrogens is 1. The van der Waals surface area contributed by atoms with Crippen LogP contribution in [0.2, 0.25) is 0 Å². The molecule has 0 unspecified atom stereocenters. The summed E-state index contributed by atoms with van der Waals surface area (Å²) in [5.41, 5.74) is 2.20. The number of likely N-dealkylation sites (N-methyl/N-ethyl adjacent to an activating group) is 1. The van der Waals surface area contributed by atoms with Crippen molar-refractivity contribution in [1.82, 2.24) is 4.72 Å². The van der Waals surface area contributed by atoms with E-state index in [4.69, 9.17) is 0 Å². The second-order valence-electron chi connectivity index (χ2n) is 5.20. The minimum Gasteiger partial charge on any atom is -0.360 e. The molecule has 0 bridgehead atoms. The van der Waals surface area contributed by atoms with Gasteiger partial charge in [0, 0.05) is 12.2 Å². The molecule has 106 valence electrons. The Morgan fingerprint density at radius 2 is 1.79 bits per heavy atom. The van der Waals surface area contributed by atoms with Gasteiger partial charge in [0.25, 0.3) is 0 Å². The highest BCUT2D eigenvalue weighted by Gasteiger charge is 2.16. The van der Waals surface area contributed by atoms with Gasteiger partial charge < -0.3 is 9.80 Å². The number of hydrogen-bond donors (Lipinski definition) is 2. The van der Waals surface area contributed by atoms with Crippen LogP contribution < -0.4 is 14.5 Å². The average Bonchev–Trinajstić information content (AvgIpc) is 2.37. The SMILES string of the molecule is C[NH+]1CCN(c2ccc(CNS(C)(=O)=O)cc2)CC1. The van der Waals surface area contributed by atoms with Gasteiger partial charge >= 0.3 is 0 Å². The molecule has 0 aromatic heterocycles. The molecule has 2 rings (SSSR count).